The van der Waals surface area contributed by atoms with E-state index in [1.807, 2.05) is 6.07 Å². The zero-order valence-corrected chi connectivity index (χ0v) is 13.8. The maximum absolute atomic E-state index is 5.34. The number of nitrogens with two attached hydrogens (primary N) is 1. The van der Waals surface area contributed by atoms with Crippen molar-refractivity contribution < 1.29 is 14.8 Å². The van der Waals surface area contributed by atoms with E-state index in [9.17, 15) is 0 Å². The van der Waals surface area contributed by atoms with E-state index < -0.39 is 0 Å². The minimum Gasteiger partial charge on any atom is -0.493 e. The second-order valence-corrected chi connectivity index (χ2v) is 5.39. The SMILES string of the molecule is CCc1ccc(C[NH2+]CCc2ccc(OC)c(OC)c2)cc1. The van der Waals surface area contributed by atoms with Crippen molar-refractivity contribution in [2.75, 3.05) is 20.8 Å². The van der Waals surface area contributed by atoms with Gasteiger partial charge in [0.25, 0.3) is 0 Å². The van der Waals surface area contributed by atoms with Gasteiger partial charge in [-0.2, -0.15) is 0 Å². The van der Waals surface area contributed by atoms with Crippen LogP contribution in [0.1, 0.15) is 23.6 Å². The van der Waals surface area contributed by atoms with Crippen molar-refractivity contribution >= 4 is 0 Å². The quantitative estimate of drug-likeness (QED) is 0.761. The van der Waals surface area contributed by atoms with Crippen molar-refractivity contribution in [3.05, 3.63) is 59.2 Å². The number of aryl methyl sites for hydroxylation is 1. The summed E-state index contributed by atoms with van der Waals surface area (Å²) in [4.78, 5) is 0. The summed E-state index contributed by atoms with van der Waals surface area (Å²) in [5, 5.41) is 2.34. The molecule has 0 atom stereocenters. The van der Waals surface area contributed by atoms with Gasteiger partial charge in [-0.05, 0) is 29.7 Å². The highest BCUT2D eigenvalue weighted by Gasteiger charge is 2.05. The van der Waals surface area contributed by atoms with Gasteiger partial charge in [0.1, 0.15) is 6.54 Å². The van der Waals surface area contributed by atoms with Crippen LogP contribution in [0.4, 0.5) is 0 Å². The summed E-state index contributed by atoms with van der Waals surface area (Å²) in [6.45, 7) is 4.27. The molecule has 0 aromatic heterocycles. The zero-order valence-electron chi connectivity index (χ0n) is 13.8. The third-order valence-electron chi connectivity index (χ3n) is 3.90. The third-order valence-corrected chi connectivity index (χ3v) is 3.90. The van der Waals surface area contributed by atoms with E-state index in [0.717, 1.165) is 37.4 Å². The maximum atomic E-state index is 5.34. The molecule has 2 N–H and O–H groups in total. The first-order valence-electron chi connectivity index (χ1n) is 7.87. The summed E-state index contributed by atoms with van der Waals surface area (Å²) in [5.41, 5.74) is 4.05. The van der Waals surface area contributed by atoms with Gasteiger partial charge in [-0.1, -0.05) is 37.3 Å². The van der Waals surface area contributed by atoms with Crippen molar-refractivity contribution in [3.8, 4) is 11.5 Å². The van der Waals surface area contributed by atoms with Gasteiger partial charge in [-0.25, -0.2) is 0 Å². The number of ether oxygens (including phenoxy) is 2. The Hall–Kier alpha value is -2.00. The fourth-order valence-electron chi connectivity index (χ4n) is 2.48. The van der Waals surface area contributed by atoms with Gasteiger partial charge in [0.05, 0.1) is 20.8 Å². The minimum atomic E-state index is 0.784. The Kier molecular flexibility index (Phi) is 6.28. The number of hydrogen-bond donors (Lipinski definition) is 1. The fourth-order valence-corrected chi connectivity index (χ4v) is 2.48. The molecule has 118 valence electrons. The zero-order chi connectivity index (χ0) is 15.8. The van der Waals surface area contributed by atoms with Crippen LogP contribution in [0.5, 0.6) is 11.5 Å². The largest absolute Gasteiger partial charge is 0.493 e. The second kappa shape index (κ2) is 8.44. The molecule has 0 aliphatic rings. The lowest BCUT2D eigenvalue weighted by Crippen LogP contribution is -2.83. The normalized spacial score (nSPS) is 10.5. The van der Waals surface area contributed by atoms with Gasteiger partial charge in [-0.15, -0.1) is 0 Å². The van der Waals surface area contributed by atoms with Crippen LogP contribution in [0.3, 0.4) is 0 Å². The van der Waals surface area contributed by atoms with Gasteiger partial charge in [0.2, 0.25) is 0 Å². The van der Waals surface area contributed by atoms with Crippen molar-refractivity contribution in [1.82, 2.24) is 0 Å². The molecule has 3 nitrogen and oxygen atoms in total. The van der Waals surface area contributed by atoms with Crippen LogP contribution in [0, 0.1) is 0 Å². The Morgan fingerprint density at radius 3 is 2.09 bits per heavy atom. The summed E-state index contributed by atoms with van der Waals surface area (Å²) in [5.74, 6) is 1.58. The van der Waals surface area contributed by atoms with Crippen LogP contribution in [0.2, 0.25) is 0 Å². The number of rotatable bonds is 8. The molecular weight excluding hydrogens is 274 g/mol. The van der Waals surface area contributed by atoms with E-state index >= 15 is 0 Å². The van der Waals surface area contributed by atoms with E-state index in [1.165, 1.54) is 16.7 Å². The molecule has 0 saturated carbocycles. The number of methoxy groups -OCH3 is 2. The average molecular weight is 300 g/mol. The summed E-state index contributed by atoms with van der Waals surface area (Å²) in [7, 11) is 3.34. The van der Waals surface area contributed by atoms with E-state index in [4.69, 9.17) is 9.47 Å². The van der Waals surface area contributed by atoms with E-state index in [1.54, 1.807) is 14.2 Å². The minimum absolute atomic E-state index is 0.784. The molecule has 0 aliphatic carbocycles. The van der Waals surface area contributed by atoms with Crippen LogP contribution < -0.4 is 14.8 Å². The van der Waals surface area contributed by atoms with Gasteiger partial charge >= 0.3 is 0 Å². The Balaban J connectivity index is 1.80. The van der Waals surface area contributed by atoms with Gasteiger partial charge < -0.3 is 14.8 Å². The van der Waals surface area contributed by atoms with E-state index in [0.29, 0.717) is 0 Å². The molecule has 2 rings (SSSR count). The lowest BCUT2D eigenvalue weighted by Gasteiger charge is -2.09. The lowest BCUT2D eigenvalue weighted by atomic mass is 10.1. The molecule has 0 saturated heterocycles. The van der Waals surface area contributed by atoms with E-state index in [-0.39, 0.29) is 0 Å². The number of benzene rings is 2. The number of hydrogen-bond acceptors (Lipinski definition) is 2. The Bertz CT molecular complexity index is 578. The molecule has 22 heavy (non-hydrogen) atoms. The summed E-state index contributed by atoms with van der Waals surface area (Å²) >= 11 is 0. The van der Waals surface area contributed by atoms with Crippen molar-refractivity contribution in [2.45, 2.75) is 26.3 Å². The van der Waals surface area contributed by atoms with Crippen LogP contribution in [-0.2, 0) is 19.4 Å². The molecule has 0 aliphatic heterocycles. The Morgan fingerprint density at radius 2 is 1.45 bits per heavy atom. The highest BCUT2D eigenvalue weighted by molar-refractivity contribution is 5.42. The first-order chi connectivity index (χ1) is 10.8. The molecule has 3 heteroatoms. The summed E-state index contributed by atoms with van der Waals surface area (Å²) in [6.07, 6.45) is 2.12. The molecule has 0 unspecified atom stereocenters. The molecule has 2 aromatic carbocycles. The smallest absolute Gasteiger partial charge is 0.160 e. The average Bonchev–Trinajstić information content (AvgIpc) is 2.59. The molecule has 2 aromatic rings. The van der Waals surface area contributed by atoms with Crippen molar-refractivity contribution in [1.29, 1.82) is 0 Å². The fraction of sp³-hybridized carbons (Fsp3) is 0.368. The molecular formula is C19H26NO2+. The van der Waals surface area contributed by atoms with Crippen molar-refractivity contribution in [2.24, 2.45) is 0 Å². The maximum Gasteiger partial charge on any atom is 0.160 e. The molecule has 0 radical (unpaired) electrons. The molecule has 0 heterocycles. The van der Waals surface area contributed by atoms with Crippen LogP contribution in [0.25, 0.3) is 0 Å². The highest BCUT2D eigenvalue weighted by Crippen LogP contribution is 2.27. The third kappa shape index (κ3) is 4.50. The predicted octanol–water partition coefficient (Wildman–Crippen LogP) is 2.57. The second-order valence-electron chi connectivity index (χ2n) is 5.39. The predicted molar refractivity (Wildman–Crippen MR) is 89.6 cm³/mol. The van der Waals surface area contributed by atoms with Crippen LogP contribution in [-0.4, -0.2) is 20.8 Å². The Labute approximate surface area is 133 Å². The highest BCUT2D eigenvalue weighted by atomic mass is 16.5. The monoisotopic (exact) mass is 300 g/mol. The summed E-state index contributed by atoms with van der Waals surface area (Å²) in [6, 6.07) is 15.0. The first kappa shape index (κ1) is 16.4. The Morgan fingerprint density at radius 1 is 0.818 bits per heavy atom. The van der Waals surface area contributed by atoms with Gasteiger partial charge in [-0.3, -0.25) is 0 Å². The van der Waals surface area contributed by atoms with Gasteiger partial charge in [0.15, 0.2) is 11.5 Å². The lowest BCUT2D eigenvalue weighted by molar-refractivity contribution is -0.670. The standard InChI is InChI=1S/C19H25NO2/c1-4-15-5-7-17(8-6-15)14-20-12-11-16-9-10-18(21-2)19(13-16)22-3/h5-10,13,20H,4,11-12,14H2,1-3H3/p+1. The topological polar surface area (TPSA) is 35.1 Å². The van der Waals surface area contributed by atoms with E-state index in [2.05, 4.69) is 48.6 Å². The first-order valence-corrected chi connectivity index (χ1v) is 7.87. The molecule has 0 spiro atoms. The molecule has 0 fully saturated rings. The summed E-state index contributed by atoms with van der Waals surface area (Å²) < 4.78 is 10.6. The molecule has 0 bridgehead atoms. The molecule has 0 amide bonds. The van der Waals surface area contributed by atoms with Crippen LogP contribution >= 0.6 is 0 Å². The number of quaternary nitrogens is 1. The van der Waals surface area contributed by atoms with Gasteiger partial charge in [0, 0.05) is 12.0 Å². The van der Waals surface area contributed by atoms with Crippen molar-refractivity contribution in [3.63, 3.8) is 0 Å². The van der Waals surface area contributed by atoms with Crippen LogP contribution in [0.15, 0.2) is 42.5 Å².